The molecule has 0 spiro atoms. The average Bonchev–Trinajstić information content (AvgIpc) is 3.22. The predicted octanol–water partition coefficient (Wildman–Crippen LogP) is 11.1. The van der Waals surface area contributed by atoms with Gasteiger partial charge in [0.1, 0.15) is 30.5 Å². The number of hydrogen-bond acceptors (Lipinski definition) is 9. The molecule has 1 fully saturated rings. The summed E-state index contributed by atoms with van der Waals surface area (Å²) in [5, 5.41) is 40.2. The third-order valence-electron chi connectivity index (χ3n) is 11.0. The van der Waals surface area contributed by atoms with Crippen molar-refractivity contribution in [1.82, 2.24) is 0 Å². The fraction of sp³-hybridized carbons (Fsp3) is 0.857. The topological polar surface area (TPSA) is 135 Å². The molecule has 0 amide bonds. The van der Waals surface area contributed by atoms with Crippen LogP contribution in [0, 0.1) is 0 Å². The first kappa shape index (κ1) is 54.4. The first-order valence-electron chi connectivity index (χ1n) is 24.1. The van der Waals surface area contributed by atoms with Gasteiger partial charge in [0.2, 0.25) is 0 Å². The van der Waals surface area contributed by atoms with Gasteiger partial charge in [-0.2, -0.15) is 0 Å². The standard InChI is InChI=1S/C49H90O9/c1-3-5-7-9-11-13-15-17-19-21-22-23-24-26-28-30-32-34-36-38-45(51)57-43(42-56-49-48(54)47(53)46(52)44(40-50)58-49)41-55-39-37-35-33-31-29-27-25-20-18-16-14-12-10-8-6-4-2/h11,13,17-20,43-44,46-50,52-54H,3-10,12,14-16,21-42H2,1-2H3/b13-11-,19-17-,20-18-. The number of esters is 1. The third kappa shape index (κ3) is 31.3. The van der Waals surface area contributed by atoms with Crippen molar-refractivity contribution in [2.75, 3.05) is 26.4 Å². The fourth-order valence-electron chi connectivity index (χ4n) is 7.22. The maximum atomic E-state index is 12.8. The van der Waals surface area contributed by atoms with Crippen LogP contribution >= 0.6 is 0 Å². The fourth-order valence-corrected chi connectivity index (χ4v) is 7.22. The Balaban J connectivity index is 2.24. The highest BCUT2D eigenvalue weighted by atomic mass is 16.7. The van der Waals surface area contributed by atoms with E-state index in [0.29, 0.717) is 13.0 Å². The van der Waals surface area contributed by atoms with Crippen LogP contribution in [-0.4, -0.2) is 89.6 Å². The minimum atomic E-state index is -1.54. The van der Waals surface area contributed by atoms with Crippen LogP contribution in [0.4, 0.5) is 0 Å². The summed E-state index contributed by atoms with van der Waals surface area (Å²) in [5.74, 6) is -0.319. The Hall–Kier alpha value is -1.59. The van der Waals surface area contributed by atoms with E-state index in [1.807, 2.05) is 0 Å². The molecular formula is C49H90O9. The van der Waals surface area contributed by atoms with Gasteiger partial charge in [0.25, 0.3) is 0 Å². The maximum absolute atomic E-state index is 12.8. The Morgan fingerprint density at radius 1 is 0.552 bits per heavy atom. The van der Waals surface area contributed by atoms with E-state index in [0.717, 1.165) is 38.5 Å². The van der Waals surface area contributed by atoms with Crippen LogP contribution in [0.2, 0.25) is 0 Å². The summed E-state index contributed by atoms with van der Waals surface area (Å²) in [5.41, 5.74) is 0. The zero-order valence-electron chi connectivity index (χ0n) is 37.3. The van der Waals surface area contributed by atoms with E-state index in [9.17, 15) is 25.2 Å². The predicted molar refractivity (Wildman–Crippen MR) is 238 cm³/mol. The first-order chi connectivity index (χ1) is 28.4. The SMILES string of the molecule is CCCCC/C=C\C/C=C\CCCCCCCCCCCC(=O)OC(COCCCCCCCC/C=C\CCCCCCCC)COC1OC(CO)C(O)C(O)C1O. The van der Waals surface area contributed by atoms with Gasteiger partial charge in [0.05, 0.1) is 19.8 Å². The minimum absolute atomic E-state index is 0.116. The number of rotatable bonds is 41. The van der Waals surface area contributed by atoms with Gasteiger partial charge < -0.3 is 39.4 Å². The van der Waals surface area contributed by atoms with Crippen molar-refractivity contribution in [1.29, 1.82) is 0 Å². The molecule has 1 aliphatic rings. The molecule has 6 unspecified atom stereocenters. The largest absolute Gasteiger partial charge is 0.457 e. The Bertz CT molecular complexity index is 983. The maximum Gasteiger partial charge on any atom is 0.306 e. The lowest BCUT2D eigenvalue weighted by Crippen LogP contribution is -2.59. The number of hydrogen-bond donors (Lipinski definition) is 4. The zero-order chi connectivity index (χ0) is 42.2. The van der Waals surface area contributed by atoms with Gasteiger partial charge in [-0.1, -0.05) is 166 Å². The van der Waals surface area contributed by atoms with Crippen LogP contribution in [0.1, 0.15) is 206 Å². The van der Waals surface area contributed by atoms with E-state index >= 15 is 0 Å². The molecule has 58 heavy (non-hydrogen) atoms. The summed E-state index contributed by atoms with van der Waals surface area (Å²) in [6.45, 7) is 4.53. The molecule has 0 radical (unpaired) electrons. The normalized spacial score (nSPS) is 20.6. The summed E-state index contributed by atoms with van der Waals surface area (Å²) in [7, 11) is 0. The molecule has 340 valence electrons. The number of aliphatic hydroxyl groups is 4. The van der Waals surface area contributed by atoms with Gasteiger partial charge in [-0.25, -0.2) is 0 Å². The molecule has 6 atom stereocenters. The van der Waals surface area contributed by atoms with E-state index in [2.05, 4.69) is 50.3 Å². The summed E-state index contributed by atoms with van der Waals surface area (Å²) < 4.78 is 22.8. The molecule has 1 rings (SSSR count). The molecule has 0 aliphatic carbocycles. The molecule has 0 aromatic heterocycles. The minimum Gasteiger partial charge on any atom is -0.457 e. The second-order valence-electron chi connectivity index (χ2n) is 16.6. The van der Waals surface area contributed by atoms with E-state index in [4.69, 9.17) is 18.9 Å². The molecule has 9 nitrogen and oxygen atoms in total. The highest BCUT2D eigenvalue weighted by molar-refractivity contribution is 5.69. The Morgan fingerprint density at radius 2 is 1.00 bits per heavy atom. The highest BCUT2D eigenvalue weighted by Gasteiger charge is 2.44. The highest BCUT2D eigenvalue weighted by Crippen LogP contribution is 2.22. The van der Waals surface area contributed by atoms with Gasteiger partial charge in [0.15, 0.2) is 6.29 Å². The van der Waals surface area contributed by atoms with Crippen LogP contribution in [0.5, 0.6) is 0 Å². The van der Waals surface area contributed by atoms with Crippen LogP contribution in [0.25, 0.3) is 0 Å². The van der Waals surface area contributed by atoms with Crippen molar-refractivity contribution in [3.8, 4) is 0 Å². The second kappa shape index (κ2) is 40.8. The van der Waals surface area contributed by atoms with Gasteiger partial charge in [0, 0.05) is 13.0 Å². The van der Waals surface area contributed by atoms with Crippen LogP contribution < -0.4 is 0 Å². The average molecular weight is 823 g/mol. The molecular weight excluding hydrogens is 733 g/mol. The molecule has 4 N–H and O–H groups in total. The van der Waals surface area contributed by atoms with Crippen molar-refractivity contribution in [3.63, 3.8) is 0 Å². The first-order valence-corrected chi connectivity index (χ1v) is 24.1. The van der Waals surface area contributed by atoms with Crippen LogP contribution in [-0.2, 0) is 23.7 Å². The van der Waals surface area contributed by atoms with Crippen molar-refractivity contribution < 1.29 is 44.2 Å². The molecule has 0 bridgehead atoms. The smallest absolute Gasteiger partial charge is 0.306 e. The van der Waals surface area contributed by atoms with Crippen molar-refractivity contribution in [2.24, 2.45) is 0 Å². The molecule has 1 aliphatic heterocycles. The zero-order valence-corrected chi connectivity index (χ0v) is 37.3. The summed E-state index contributed by atoms with van der Waals surface area (Å²) in [4.78, 5) is 12.8. The number of ether oxygens (including phenoxy) is 4. The lowest BCUT2D eigenvalue weighted by atomic mass is 9.99. The Labute approximate surface area is 355 Å². The summed E-state index contributed by atoms with van der Waals surface area (Å²) >= 11 is 0. The molecule has 1 heterocycles. The molecule has 0 aromatic rings. The van der Waals surface area contributed by atoms with E-state index in [1.54, 1.807) is 0 Å². The number of aliphatic hydroxyl groups excluding tert-OH is 4. The molecule has 1 saturated heterocycles. The van der Waals surface area contributed by atoms with Crippen LogP contribution in [0.15, 0.2) is 36.5 Å². The van der Waals surface area contributed by atoms with Gasteiger partial charge >= 0.3 is 5.97 Å². The van der Waals surface area contributed by atoms with Gasteiger partial charge in [-0.15, -0.1) is 0 Å². The van der Waals surface area contributed by atoms with Gasteiger partial charge in [-0.3, -0.25) is 4.79 Å². The third-order valence-corrected chi connectivity index (χ3v) is 11.0. The molecule has 9 heteroatoms. The number of carbonyl (C=O) groups is 1. The Kier molecular flexibility index (Phi) is 38.3. The monoisotopic (exact) mass is 823 g/mol. The summed E-state index contributed by atoms with van der Waals surface area (Å²) in [6.07, 6.45) is 41.6. The van der Waals surface area contributed by atoms with E-state index in [1.165, 1.54) is 148 Å². The van der Waals surface area contributed by atoms with Gasteiger partial charge in [-0.05, 0) is 70.6 Å². The quantitative estimate of drug-likeness (QED) is 0.0270. The van der Waals surface area contributed by atoms with Crippen molar-refractivity contribution in [3.05, 3.63) is 36.5 Å². The number of allylic oxidation sites excluding steroid dienone is 6. The number of carbonyl (C=O) groups excluding carboxylic acids is 1. The van der Waals surface area contributed by atoms with Crippen molar-refractivity contribution >= 4 is 5.97 Å². The molecule has 0 saturated carbocycles. The number of unbranched alkanes of at least 4 members (excludes halogenated alkanes) is 24. The van der Waals surface area contributed by atoms with Crippen LogP contribution in [0.3, 0.4) is 0 Å². The van der Waals surface area contributed by atoms with E-state index in [-0.39, 0.29) is 19.2 Å². The van der Waals surface area contributed by atoms with Crippen molar-refractivity contribution in [2.45, 2.75) is 243 Å². The lowest BCUT2D eigenvalue weighted by Gasteiger charge is -2.39. The second-order valence-corrected chi connectivity index (χ2v) is 16.6. The molecule has 0 aromatic carbocycles. The lowest BCUT2D eigenvalue weighted by molar-refractivity contribution is -0.305. The Morgan fingerprint density at radius 3 is 1.53 bits per heavy atom. The summed E-state index contributed by atoms with van der Waals surface area (Å²) in [6, 6.07) is 0. The van der Waals surface area contributed by atoms with E-state index < -0.39 is 43.4 Å².